The van der Waals surface area contributed by atoms with Gasteiger partial charge in [-0.1, -0.05) is 28.1 Å². The molecule has 1 aliphatic carbocycles. The Bertz CT molecular complexity index is 952. The highest BCUT2D eigenvalue weighted by molar-refractivity contribution is 9.10. The van der Waals surface area contributed by atoms with E-state index in [0.29, 0.717) is 11.4 Å². The molecule has 0 spiro atoms. The van der Waals surface area contributed by atoms with Gasteiger partial charge in [0.15, 0.2) is 0 Å². The number of amides is 1. The maximum absolute atomic E-state index is 12.3. The number of nitrogens with zero attached hydrogens (tertiary/aromatic N) is 1. The van der Waals surface area contributed by atoms with E-state index in [4.69, 9.17) is 0 Å². The topological polar surface area (TPSA) is 87.6 Å². The van der Waals surface area contributed by atoms with Crippen LogP contribution in [0.1, 0.15) is 25.3 Å². The zero-order valence-electron chi connectivity index (χ0n) is 14.1. The number of halogens is 1. The Balaban J connectivity index is 1.72. The molecule has 6 nitrogen and oxygen atoms in total. The predicted octanol–water partition coefficient (Wildman–Crippen LogP) is 3.50. The van der Waals surface area contributed by atoms with Gasteiger partial charge < -0.3 is 5.32 Å². The molecule has 0 atom stereocenters. The summed E-state index contributed by atoms with van der Waals surface area (Å²) in [5, 5.41) is 6.85. The minimum atomic E-state index is -3.74. The van der Waals surface area contributed by atoms with Crippen LogP contribution in [-0.4, -0.2) is 20.0 Å². The van der Waals surface area contributed by atoms with E-state index in [0.717, 1.165) is 22.9 Å². The van der Waals surface area contributed by atoms with Crippen molar-refractivity contribution in [2.75, 3.05) is 5.32 Å². The number of benzene rings is 2. The highest BCUT2D eigenvalue weighted by Gasteiger charge is 2.29. The van der Waals surface area contributed by atoms with Crippen molar-refractivity contribution >= 4 is 43.3 Å². The summed E-state index contributed by atoms with van der Waals surface area (Å²) in [6.45, 7) is 1.70. The molecule has 0 aromatic heterocycles. The molecule has 26 heavy (non-hydrogen) atoms. The largest absolute Gasteiger partial charge is 0.326 e. The van der Waals surface area contributed by atoms with Crippen molar-refractivity contribution in [3.63, 3.8) is 0 Å². The monoisotopic (exact) mass is 435 g/mol. The molecule has 0 saturated heterocycles. The standard InChI is InChI=1S/C18H18BrN3O3S/c1-12(21-22-26(24,25)17-9-7-15(19)8-10-17)14-3-2-4-16(11-14)20-18(23)13-5-6-13/h2-4,7-11,13,22H,5-6H2,1H3,(H,20,23)/b21-12+. The first-order chi connectivity index (χ1) is 12.3. The molecule has 3 rings (SSSR count). The van der Waals surface area contributed by atoms with Crippen molar-refractivity contribution in [2.24, 2.45) is 11.0 Å². The van der Waals surface area contributed by atoms with Crippen molar-refractivity contribution in [1.29, 1.82) is 0 Å². The van der Waals surface area contributed by atoms with Crippen LogP contribution in [0.25, 0.3) is 0 Å². The molecular formula is C18H18BrN3O3S. The van der Waals surface area contributed by atoms with Gasteiger partial charge in [0.2, 0.25) is 5.91 Å². The van der Waals surface area contributed by atoms with Crippen LogP contribution < -0.4 is 10.1 Å². The molecule has 0 unspecified atom stereocenters. The van der Waals surface area contributed by atoms with Crippen molar-refractivity contribution < 1.29 is 13.2 Å². The number of hydrazone groups is 1. The van der Waals surface area contributed by atoms with Crippen LogP contribution in [0.15, 0.2) is 63.0 Å². The van der Waals surface area contributed by atoms with Crippen LogP contribution in [-0.2, 0) is 14.8 Å². The Morgan fingerprint density at radius 2 is 1.85 bits per heavy atom. The quantitative estimate of drug-likeness (QED) is 0.537. The molecule has 2 aromatic carbocycles. The molecule has 1 fully saturated rings. The fraction of sp³-hybridized carbons (Fsp3) is 0.222. The molecule has 1 amide bonds. The summed E-state index contributed by atoms with van der Waals surface area (Å²) in [6.07, 6.45) is 1.87. The molecule has 136 valence electrons. The Morgan fingerprint density at radius 3 is 2.50 bits per heavy atom. The second-order valence-electron chi connectivity index (χ2n) is 6.09. The molecule has 0 radical (unpaired) electrons. The van der Waals surface area contributed by atoms with E-state index < -0.39 is 10.0 Å². The van der Waals surface area contributed by atoms with Crippen LogP contribution >= 0.6 is 15.9 Å². The maximum Gasteiger partial charge on any atom is 0.276 e. The lowest BCUT2D eigenvalue weighted by Gasteiger charge is -2.08. The zero-order valence-corrected chi connectivity index (χ0v) is 16.5. The van der Waals surface area contributed by atoms with Crippen LogP contribution in [0, 0.1) is 5.92 Å². The lowest BCUT2D eigenvalue weighted by molar-refractivity contribution is -0.117. The Kier molecular flexibility index (Phi) is 5.43. The van der Waals surface area contributed by atoms with Gasteiger partial charge in [-0.25, -0.2) is 0 Å². The average Bonchev–Trinajstić information content (AvgIpc) is 3.45. The van der Waals surface area contributed by atoms with Crippen LogP contribution in [0.4, 0.5) is 5.69 Å². The molecule has 0 aliphatic heterocycles. The van der Waals surface area contributed by atoms with Crippen LogP contribution in [0.3, 0.4) is 0 Å². The van der Waals surface area contributed by atoms with E-state index >= 15 is 0 Å². The lowest BCUT2D eigenvalue weighted by atomic mass is 10.1. The molecular weight excluding hydrogens is 418 g/mol. The number of carbonyl (C=O) groups excluding carboxylic acids is 1. The van der Waals surface area contributed by atoms with Gasteiger partial charge in [0.25, 0.3) is 10.0 Å². The van der Waals surface area contributed by atoms with Crippen molar-refractivity contribution in [2.45, 2.75) is 24.7 Å². The smallest absolute Gasteiger partial charge is 0.276 e. The highest BCUT2D eigenvalue weighted by Crippen LogP contribution is 2.30. The average molecular weight is 436 g/mol. The Morgan fingerprint density at radius 1 is 1.15 bits per heavy atom. The molecule has 1 aliphatic rings. The van der Waals surface area contributed by atoms with E-state index in [1.165, 1.54) is 12.1 Å². The minimum absolute atomic E-state index is 0.0210. The first-order valence-electron chi connectivity index (χ1n) is 8.08. The maximum atomic E-state index is 12.3. The minimum Gasteiger partial charge on any atom is -0.326 e. The molecule has 0 bridgehead atoms. The van der Waals surface area contributed by atoms with Crippen molar-refractivity contribution in [3.8, 4) is 0 Å². The number of sulfonamides is 1. The van der Waals surface area contributed by atoms with Gasteiger partial charge in [-0.2, -0.15) is 18.4 Å². The van der Waals surface area contributed by atoms with Crippen LogP contribution in [0.2, 0.25) is 0 Å². The fourth-order valence-electron chi connectivity index (χ4n) is 2.27. The summed E-state index contributed by atoms with van der Waals surface area (Å²) < 4.78 is 25.4. The van der Waals surface area contributed by atoms with E-state index in [-0.39, 0.29) is 16.7 Å². The second kappa shape index (κ2) is 7.59. The second-order valence-corrected chi connectivity index (χ2v) is 8.67. The molecule has 1 saturated carbocycles. The molecule has 2 aromatic rings. The van der Waals surface area contributed by atoms with Gasteiger partial charge in [-0.05, 0) is 61.7 Å². The summed E-state index contributed by atoms with van der Waals surface area (Å²) in [5.74, 6) is 0.138. The van der Waals surface area contributed by atoms with Crippen molar-refractivity contribution in [3.05, 3.63) is 58.6 Å². The summed E-state index contributed by atoms with van der Waals surface area (Å²) >= 11 is 3.27. The third-order valence-corrected chi connectivity index (χ3v) is 5.71. The number of nitrogens with one attached hydrogen (secondary N) is 2. The summed E-state index contributed by atoms with van der Waals surface area (Å²) in [5.41, 5.74) is 1.88. The number of hydrogen-bond acceptors (Lipinski definition) is 4. The molecule has 0 heterocycles. The summed E-state index contributed by atoms with van der Waals surface area (Å²) in [6, 6.07) is 13.4. The predicted molar refractivity (Wildman–Crippen MR) is 104 cm³/mol. The molecule has 2 N–H and O–H groups in total. The van der Waals surface area contributed by atoms with Gasteiger partial charge in [0, 0.05) is 16.1 Å². The third-order valence-electron chi connectivity index (χ3n) is 3.95. The van der Waals surface area contributed by atoms with Gasteiger partial charge in [0.1, 0.15) is 0 Å². The van der Waals surface area contributed by atoms with Gasteiger partial charge in [-0.15, -0.1) is 0 Å². The first-order valence-corrected chi connectivity index (χ1v) is 10.4. The fourth-order valence-corrected chi connectivity index (χ4v) is 3.39. The number of rotatable bonds is 6. The SMILES string of the molecule is C/C(=N\NS(=O)(=O)c1ccc(Br)cc1)c1cccc(NC(=O)C2CC2)c1. The van der Waals surface area contributed by atoms with Gasteiger partial charge in [0.05, 0.1) is 10.6 Å². The lowest BCUT2D eigenvalue weighted by Crippen LogP contribution is -2.20. The van der Waals surface area contributed by atoms with Crippen molar-refractivity contribution in [1.82, 2.24) is 4.83 Å². The number of carbonyl (C=O) groups is 1. The zero-order chi connectivity index (χ0) is 18.7. The van der Waals surface area contributed by atoms with Crippen LogP contribution in [0.5, 0.6) is 0 Å². The third kappa shape index (κ3) is 4.70. The van der Waals surface area contributed by atoms with E-state index in [9.17, 15) is 13.2 Å². The van der Waals surface area contributed by atoms with Gasteiger partial charge in [-0.3, -0.25) is 4.79 Å². The summed E-state index contributed by atoms with van der Waals surface area (Å²) in [7, 11) is -3.74. The number of anilines is 1. The Hall–Kier alpha value is -2.19. The molecule has 8 heteroatoms. The highest BCUT2D eigenvalue weighted by atomic mass is 79.9. The Labute approximate surface area is 160 Å². The first kappa shape index (κ1) is 18.6. The van der Waals surface area contributed by atoms with E-state index in [1.807, 2.05) is 0 Å². The summed E-state index contributed by atoms with van der Waals surface area (Å²) in [4.78, 5) is 14.2. The van der Waals surface area contributed by atoms with E-state index in [1.54, 1.807) is 43.3 Å². The number of hydrogen-bond donors (Lipinski definition) is 2. The van der Waals surface area contributed by atoms with E-state index in [2.05, 4.69) is 31.2 Å². The van der Waals surface area contributed by atoms with Gasteiger partial charge >= 0.3 is 0 Å². The normalized spacial score (nSPS) is 14.8.